The molecule has 0 atom stereocenters. The Balaban J connectivity index is 2.14. The first-order valence-corrected chi connectivity index (χ1v) is 4.97. The maximum absolute atomic E-state index is 4.42. The molecule has 5 heteroatoms. The smallest absolute Gasteiger partial charge is 0.159 e. The molecule has 2 heterocycles. The maximum atomic E-state index is 4.42. The van der Waals surface area contributed by atoms with Gasteiger partial charge >= 0.3 is 0 Å². The molecular weight excluding hydrogens is 190 g/mol. The number of imidazole rings is 1. The van der Waals surface area contributed by atoms with E-state index in [0.717, 1.165) is 23.9 Å². The summed E-state index contributed by atoms with van der Waals surface area (Å²) >= 11 is 0. The second kappa shape index (κ2) is 4.16. The molecule has 1 aromatic heterocycles. The lowest BCUT2D eigenvalue weighted by Gasteiger charge is -2.22. The van der Waals surface area contributed by atoms with Crippen molar-refractivity contribution in [2.24, 2.45) is 4.99 Å². The van der Waals surface area contributed by atoms with Crippen molar-refractivity contribution in [3.63, 3.8) is 0 Å². The van der Waals surface area contributed by atoms with Gasteiger partial charge in [-0.25, -0.2) is 9.98 Å². The van der Waals surface area contributed by atoms with Gasteiger partial charge in [0, 0.05) is 13.6 Å². The number of rotatable bonds is 2. The van der Waals surface area contributed by atoms with Crippen molar-refractivity contribution >= 4 is 11.7 Å². The van der Waals surface area contributed by atoms with Crippen molar-refractivity contribution in [1.29, 1.82) is 0 Å². The molecule has 1 aliphatic rings. The van der Waals surface area contributed by atoms with Crippen molar-refractivity contribution in [2.45, 2.75) is 6.92 Å². The fourth-order valence-corrected chi connectivity index (χ4v) is 1.49. The molecule has 0 radical (unpaired) electrons. The molecule has 0 bridgehead atoms. The second-order valence-electron chi connectivity index (χ2n) is 3.40. The van der Waals surface area contributed by atoms with Crippen LogP contribution in [0.4, 0.5) is 5.82 Å². The van der Waals surface area contributed by atoms with Crippen molar-refractivity contribution in [3.8, 4) is 0 Å². The highest BCUT2D eigenvalue weighted by molar-refractivity contribution is 6.02. The first kappa shape index (κ1) is 9.76. The van der Waals surface area contributed by atoms with Crippen molar-refractivity contribution < 1.29 is 0 Å². The molecule has 1 aromatic rings. The van der Waals surface area contributed by atoms with E-state index in [1.165, 1.54) is 0 Å². The van der Waals surface area contributed by atoms with Gasteiger partial charge in [-0.3, -0.25) is 0 Å². The summed E-state index contributed by atoms with van der Waals surface area (Å²) in [6, 6.07) is 0. The van der Waals surface area contributed by atoms with Gasteiger partial charge in [0.1, 0.15) is 12.4 Å². The molecule has 0 aromatic carbocycles. The molecule has 2 rings (SSSR count). The van der Waals surface area contributed by atoms with Crippen LogP contribution < -0.4 is 10.2 Å². The minimum atomic E-state index is 0.649. The minimum absolute atomic E-state index is 0.649. The Hall–Kier alpha value is -1.78. The number of amidine groups is 1. The largest absolute Gasteiger partial charge is 0.365 e. The van der Waals surface area contributed by atoms with Crippen LogP contribution in [0.2, 0.25) is 0 Å². The third-order valence-corrected chi connectivity index (χ3v) is 2.28. The van der Waals surface area contributed by atoms with E-state index in [1.807, 2.05) is 24.9 Å². The lowest BCUT2D eigenvalue weighted by Crippen LogP contribution is -2.33. The van der Waals surface area contributed by atoms with Crippen molar-refractivity contribution in [2.75, 3.05) is 25.2 Å². The average molecular weight is 205 g/mol. The van der Waals surface area contributed by atoms with Gasteiger partial charge in [-0.2, -0.15) is 0 Å². The predicted octanol–water partition coefficient (Wildman–Crippen LogP) is 0.729. The van der Waals surface area contributed by atoms with E-state index in [2.05, 4.69) is 26.4 Å². The van der Waals surface area contributed by atoms with E-state index in [1.54, 1.807) is 6.33 Å². The molecule has 5 nitrogen and oxygen atoms in total. The first-order chi connectivity index (χ1) is 7.33. The fourth-order valence-electron chi connectivity index (χ4n) is 1.49. The molecular formula is C10H15N5. The fraction of sp³-hybridized carbons (Fsp3) is 0.400. The van der Waals surface area contributed by atoms with Crippen molar-refractivity contribution in [3.05, 3.63) is 24.2 Å². The van der Waals surface area contributed by atoms with Crippen LogP contribution in [-0.4, -0.2) is 36.1 Å². The van der Waals surface area contributed by atoms with E-state index < -0.39 is 0 Å². The molecule has 0 saturated heterocycles. The number of aromatic amines is 1. The Kier molecular flexibility index (Phi) is 2.71. The summed E-state index contributed by atoms with van der Waals surface area (Å²) in [5.41, 5.74) is 0.966. The maximum Gasteiger partial charge on any atom is 0.159 e. The number of hydrogen-bond acceptors (Lipinski definition) is 4. The van der Waals surface area contributed by atoms with E-state index in [9.17, 15) is 0 Å². The molecule has 80 valence electrons. The Morgan fingerprint density at radius 2 is 2.53 bits per heavy atom. The molecule has 0 saturated carbocycles. The summed E-state index contributed by atoms with van der Waals surface area (Å²) in [6.45, 7) is 3.44. The summed E-state index contributed by atoms with van der Waals surface area (Å²) in [5.74, 6) is 1.84. The molecule has 15 heavy (non-hydrogen) atoms. The summed E-state index contributed by atoms with van der Waals surface area (Å²) in [7, 11) is 1.98. The van der Waals surface area contributed by atoms with Gasteiger partial charge < -0.3 is 15.2 Å². The molecule has 1 aliphatic heterocycles. The van der Waals surface area contributed by atoms with Crippen LogP contribution >= 0.6 is 0 Å². The number of aromatic nitrogens is 2. The molecule has 0 fully saturated rings. The van der Waals surface area contributed by atoms with Crippen LogP contribution in [0.1, 0.15) is 12.6 Å². The first-order valence-electron chi connectivity index (χ1n) is 4.97. The van der Waals surface area contributed by atoms with Gasteiger partial charge in [0.25, 0.3) is 0 Å². The summed E-state index contributed by atoms with van der Waals surface area (Å²) < 4.78 is 0. The number of fused-ring (bicyclic) bond motifs is 1. The molecule has 0 amide bonds. The number of nitrogens with zero attached hydrogens (tertiary/aromatic N) is 3. The van der Waals surface area contributed by atoms with Gasteiger partial charge in [-0.15, -0.1) is 0 Å². The van der Waals surface area contributed by atoms with Crippen LogP contribution in [0.3, 0.4) is 0 Å². The normalized spacial score (nSPS) is 15.3. The molecule has 0 unspecified atom stereocenters. The predicted molar refractivity (Wildman–Crippen MR) is 61.2 cm³/mol. The summed E-state index contributed by atoms with van der Waals surface area (Å²) in [5, 5.41) is 3.25. The van der Waals surface area contributed by atoms with Crippen LogP contribution in [0.15, 0.2) is 23.5 Å². The van der Waals surface area contributed by atoms with E-state index >= 15 is 0 Å². The standard InChI is InChI=1S/C10H15N5/c1-3-4-5-11-9-8-10(13-6-12-8)15(2)7-14-9/h3-4,6H,5,7H2,1-2H3,(H,11,14)(H,12,13). The Morgan fingerprint density at radius 3 is 3.33 bits per heavy atom. The van der Waals surface area contributed by atoms with Gasteiger partial charge in [0.15, 0.2) is 11.7 Å². The zero-order valence-electron chi connectivity index (χ0n) is 8.99. The highest BCUT2D eigenvalue weighted by Gasteiger charge is 2.19. The van der Waals surface area contributed by atoms with Crippen LogP contribution in [0, 0.1) is 0 Å². The lowest BCUT2D eigenvalue weighted by atomic mass is 10.3. The topological polar surface area (TPSA) is 56.3 Å². The highest BCUT2D eigenvalue weighted by atomic mass is 15.3. The van der Waals surface area contributed by atoms with Crippen LogP contribution in [0.5, 0.6) is 0 Å². The van der Waals surface area contributed by atoms with Crippen LogP contribution in [0.25, 0.3) is 0 Å². The third-order valence-electron chi connectivity index (χ3n) is 2.28. The second-order valence-corrected chi connectivity index (χ2v) is 3.40. The molecule has 0 spiro atoms. The van der Waals surface area contributed by atoms with E-state index in [-0.39, 0.29) is 0 Å². The average Bonchev–Trinajstić information content (AvgIpc) is 2.71. The lowest BCUT2D eigenvalue weighted by molar-refractivity contribution is 0.873. The van der Waals surface area contributed by atoms with E-state index in [4.69, 9.17) is 0 Å². The molecule has 2 N–H and O–H groups in total. The van der Waals surface area contributed by atoms with E-state index in [0.29, 0.717) is 6.67 Å². The van der Waals surface area contributed by atoms with Crippen molar-refractivity contribution in [1.82, 2.24) is 15.3 Å². The number of anilines is 1. The zero-order valence-corrected chi connectivity index (χ0v) is 8.99. The third kappa shape index (κ3) is 1.86. The number of aliphatic imine (C=N–C) groups is 1. The Morgan fingerprint density at radius 1 is 1.67 bits per heavy atom. The molecule has 0 aliphatic carbocycles. The number of hydrogen-bond donors (Lipinski definition) is 2. The Labute approximate surface area is 88.9 Å². The Bertz CT molecular complexity index is 390. The van der Waals surface area contributed by atoms with Gasteiger partial charge in [0.05, 0.1) is 6.33 Å². The SMILES string of the molecule is CC=CCNC1=NCN(C)c2nc[nH]c21. The van der Waals surface area contributed by atoms with Gasteiger partial charge in [0.2, 0.25) is 0 Å². The summed E-state index contributed by atoms with van der Waals surface area (Å²) in [4.78, 5) is 13.8. The highest BCUT2D eigenvalue weighted by Crippen LogP contribution is 2.18. The van der Waals surface area contributed by atoms with Gasteiger partial charge in [-0.1, -0.05) is 12.2 Å². The summed E-state index contributed by atoms with van der Waals surface area (Å²) in [6.07, 6.45) is 5.76. The number of H-pyrrole nitrogens is 1. The quantitative estimate of drug-likeness (QED) is 0.700. The number of allylic oxidation sites excluding steroid dienone is 1. The minimum Gasteiger partial charge on any atom is -0.365 e. The van der Waals surface area contributed by atoms with Gasteiger partial charge in [-0.05, 0) is 6.92 Å². The monoisotopic (exact) mass is 205 g/mol. The van der Waals surface area contributed by atoms with Crippen LogP contribution in [-0.2, 0) is 0 Å². The number of nitrogens with one attached hydrogen (secondary N) is 2. The zero-order chi connectivity index (χ0) is 10.7.